The van der Waals surface area contributed by atoms with Crippen molar-refractivity contribution in [3.8, 4) is 11.8 Å². The maximum atomic E-state index is 12.7. The molecule has 0 radical (unpaired) electrons. The second kappa shape index (κ2) is 11.3. The number of rotatable bonds is 6. The van der Waals surface area contributed by atoms with Gasteiger partial charge in [-0.1, -0.05) is 24.3 Å². The molecule has 0 bridgehead atoms. The predicted octanol–water partition coefficient (Wildman–Crippen LogP) is 7.40. The van der Waals surface area contributed by atoms with E-state index in [1.807, 2.05) is 74.5 Å². The lowest BCUT2D eigenvalue weighted by atomic mass is 10.1. The molecule has 1 amide bonds. The number of carbonyl (C=O) groups is 1. The highest BCUT2D eigenvalue weighted by atomic mass is 127. The van der Waals surface area contributed by atoms with Crippen molar-refractivity contribution in [2.24, 2.45) is 0 Å². The van der Waals surface area contributed by atoms with E-state index in [2.05, 4.69) is 66.4 Å². The Hall–Kier alpha value is -1.90. The van der Waals surface area contributed by atoms with E-state index in [1.54, 1.807) is 6.08 Å². The molecular formula is C25H19BrI2N2O2. The highest BCUT2D eigenvalue weighted by Gasteiger charge is 2.14. The Morgan fingerprint density at radius 2 is 1.84 bits per heavy atom. The van der Waals surface area contributed by atoms with E-state index in [0.29, 0.717) is 12.3 Å². The number of nitriles is 1. The molecule has 0 aliphatic rings. The zero-order valence-electron chi connectivity index (χ0n) is 17.4. The molecule has 0 spiro atoms. The van der Waals surface area contributed by atoms with Crippen molar-refractivity contribution >= 4 is 78.8 Å². The van der Waals surface area contributed by atoms with Crippen LogP contribution >= 0.6 is 61.1 Å². The maximum absolute atomic E-state index is 12.7. The van der Waals surface area contributed by atoms with Crippen LogP contribution in [-0.4, -0.2) is 5.91 Å². The molecule has 7 heteroatoms. The van der Waals surface area contributed by atoms with Gasteiger partial charge in [0, 0.05) is 9.26 Å². The van der Waals surface area contributed by atoms with E-state index in [-0.39, 0.29) is 5.57 Å². The number of anilines is 1. The van der Waals surface area contributed by atoms with Gasteiger partial charge in [0.15, 0.2) is 0 Å². The van der Waals surface area contributed by atoms with Crippen molar-refractivity contribution in [1.29, 1.82) is 5.26 Å². The first kappa shape index (κ1) is 24.7. The first-order chi connectivity index (χ1) is 15.3. The van der Waals surface area contributed by atoms with Crippen LogP contribution in [0.2, 0.25) is 0 Å². The summed E-state index contributed by atoms with van der Waals surface area (Å²) >= 11 is 8.02. The molecule has 0 saturated heterocycles. The second-order valence-electron chi connectivity index (χ2n) is 7.17. The van der Waals surface area contributed by atoms with Gasteiger partial charge in [-0.3, -0.25) is 4.79 Å². The molecule has 3 aromatic rings. The van der Waals surface area contributed by atoms with Gasteiger partial charge in [0.2, 0.25) is 0 Å². The van der Waals surface area contributed by atoms with Crippen LogP contribution in [0.1, 0.15) is 22.3 Å². The van der Waals surface area contributed by atoms with Crippen LogP contribution in [0.15, 0.2) is 64.6 Å². The first-order valence-electron chi connectivity index (χ1n) is 9.63. The number of amides is 1. The van der Waals surface area contributed by atoms with Crippen molar-refractivity contribution in [2.45, 2.75) is 20.5 Å². The Morgan fingerprint density at radius 1 is 1.12 bits per heavy atom. The van der Waals surface area contributed by atoms with Crippen LogP contribution in [0.5, 0.6) is 5.75 Å². The van der Waals surface area contributed by atoms with Crippen LogP contribution in [0.25, 0.3) is 6.08 Å². The fraction of sp³-hybridized carbons (Fsp3) is 0.120. The summed E-state index contributed by atoms with van der Waals surface area (Å²) in [7, 11) is 0. The molecule has 0 fully saturated rings. The Bertz CT molecular complexity index is 1210. The number of ether oxygens (including phenoxy) is 1. The van der Waals surface area contributed by atoms with Gasteiger partial charge >= 0.3 is 0 Å². The second-order valence-corrected chi connectivity index (χ2v) is 10.4. The number of halogens is 3. The van der Waals surface area contributed by atoms with Gasteiger partial charge in [-0.15, -0.1) is 0 Å². The minimum Gasteiger partial charge on any atom is -0.487 e. The summed E-state index contributed by atoms with van der Waals surface area (Å²) in [6.07, 6.45) is 1.58. The number of carbonyl (C=O) groups excluding carboxylic acids is 1. The number of nitrogens with one attached hydrogen (secondary N) is 1. The zero-order valence-corrected chi connectivity index (χ0v) is 23.3. The smallest absolute Gasteiger partial charge is 0.266 e. The highest BCUT2D eigenvalue weighted by Crippen LogP contribution is 2.33. The molecule has 0 saturated carbocycles. The quantitative estimate of drug-likeness (QED) is 0.165. The van der Waals surface area contributed by atoms with Crippen molar-refractivity contribution in [3.05, 3.63) is 94.0 Å². The third-order valence-corrected chi connectivity index (χ3v) is 6.74. The van der Waals surface area contributed by atoms with Gasteiger partial charge < -0.3 is 10.1 Å². The van der Waals surface area contributed by atoms with Crippen LogP contribution in [0.4, 0.5) is 5.69 Å². The Morgan fingerprint density at radius 3 is 2.50 bits per heavy atom. The van der Waals surface area contributed by atoms with Crippen molar-refractivity contribution < 1.29 is 9.53 Å². The average molecular weight is 713 g/mol. The van der Waals surface area contributed by atoms with Crippen LogP contribution in [0, 0.1) is 32.3 Å². The molecule has 0 aliphatic carbocycles. The molecule has 1 N–H and O–H groups in total. The topological polar surface area (TPSA) is 62.1 Å². The average Bonchev–Trinajstić information content (AvgIpc) is 2.75. The van der Waals surface area contributed by atoms with E-state index < -0.39 is 5.91 Å². The summed E-state index contributed by atoms with van der Waals surface area (Å²) in [6, 6.07) is 19.7. The summed E-state index contributed by atoms with van der Waals surface area (Å²) in [5, 5.41) is 12.4. The fourth-order valence-electron chi connectivity index (χ4n) is 2.91. The molecule has 3 rings (SSSR count). The summed E-state index contributed by atoms with van der Waals surface area (Å²) < 4.78 is 8.82. The van der Waals surface area contributed by atoms with Crippen LogP contribution in [-0.2, 0) is 11.4 Å². The fourth-order valence-corrected chi connectivity index (χ4v) is 5.04. The maximum Gasteiger partial charge on any atom is 0.266 e. The molecule has 3 aromatic carbocycles. The zero-order chi connectivity index (χ0) is 23.3. The minimum atomic E-state index is -0.439. The minimum absolute atomic E-state index is 0.0289. The Kier molecular flexibility index (Phi) is 8.73. The summed E-state index contributed by atoms with van der Waals surface area (Å²) in [5.74, 6) is 0.283. The lowest BCUT2D eigenvalue weighted by Crippen LogP contribution is -2.14. The number of hydrogen-bond donors (Lipinski definition) is 1. The van der Waals surface area contributed by atoms with Crippen molar-refractivity contribution in [3.63, 3.8) is 0 Å². The highest BCUT2D eigenvalue weighted by molar-refractivity contribution is 14.1. The van der Waals surface area contributed by atoms with Gasteiger partial charge in [-0.2, -0.15) is 5.26 Å². The molecule has 4 nitrogen and oxygen atoms in total. The third kappa shape index (κ3) is 6.56. The van der Waals surface area contributed by atoms with Gasteiger partial charge in [0.25, 0.3) is 5.91 Å². The molecule has 32 heavy (non-hydrogen) atoms. The molecule has 0 heterocycles. The molecular weight excluding hydrogens is 694 g/mol. The van der Waals surface area contributed by atoms with Crippen LogP contribution < -0.4 is 10.1 Å². The normalized spacial score (nSPS) is 11.1. The molecule has 0 atom stereocenters. The summed E-state index contributed by atoms with van der Waals surface area (Å²) in [5.41, 5.74) is 4.51. The van der Waals surface area contributed by atoms with E-state index >= 15 is 0 Å². The van der Waals surface area contributed by atoms with Gasteiger partial charge in [-0.05, 0) is 134 Å². The van der Waals surface area contributed by atoms with Crippen molar-refractivity contribution in [1.82, 2.24) is 0 Å². The number of nitrogens with zero attached hydrogens (tertiary/aromatic N) is 1. The lowest BCUT2D eigenvalue weighted by molar-refractivity contribution is -0.112. The SMILES string of the molecule is Cc1ccc(C)c(NC(=O)/C(C#N)=C/c2cc(Br)c(OCc3ccc(I)cc3)c(I)c2)c1. The first-order valence-corrected chi connectivity index (χ1v) is 12.6. The molecule has 0 aliphatic heterocycles. The largest absolute Gasteiger partial charge is 0.487 e. The van der Waals surface area contributed by atoms with E-state index in [4.69, 9.17) is 4.74 Å². The van der Waals surface area contributed by atoms with E-state index in [1.165, 1.54) is 3.57 Å². The number of aryl methyl sites for hydroxylation is 2. The summed E-state index contributed by atoms with van der Waals surface area (Å²) in [4.78, 5) is 12.7. The Labute approximate surface area is 223 Å². The molecule has 162 valence electrons. The molecule has 0 aromatic heterocycles. The van der Waals surface area contributed by atoms with E-state index in [0.717, 1.165) is 36.0 Å². The number of hydrogen-bond acceptors (Lipinski definition) is 3. The summed E-state index contributed by atoms with van der Waals surface area (Å²) in [6.45, 7) is 4.32. The number of benzene rings is 3. The lowest BCUT2D eigenvalue weighted by Gasteiger charge is -2.12. The van der Waals surface area contributed by atoms with Gasteiger partial charge in [0.05, 0.1) is 8.04 Å². The standard InChI is InChI=1S/C25H19BrI2N2O2/c1-15-3-4-16(2)23(9-15)30-25(31)19(13-29)10-18-11-21(26)24(22(28)12-18)32-14-17-5-7-20(27)8-6-17/h3-12H,14H2,1-2H3,(H,30,31)/b19-10+. The predicted molar refractivity (Wildman–Crippen MR) is 148 cm³/mol. The third-order valence-electron chi connectivity index (χ3n) is 4.63. The van der Waals surface area contributed by atoms with Gasteiger partial charge in [0.1, 0.15) is 24.0 Å². The van der Waals surface area contributed by atoms with Crippen LogP contribution in [0.3, 0.4) is 0 Å². The monoisotopic (exact) mass is 712 g/mol. The Balaban J connectivity index is 1.78. The van der Waals surface area contributed by atoms with Gasteiger partial charge in [-0.25, -0.2) is 0 Å². The van der Waals surface area contributed by atoms with E-state index in [9.17, 15) is 10.1 Å². The molecule has 0 unspecified atom stereocenters. The van der Waals surface area contributed by atoms with Crippen molar-refractivity contribution in [2.75, 3.05) is 5.32 Å².